The van der Waals surface area contributed by atoms with Gasteiger partial charge in [0.25, 0.3) is 0 Å². The molecule has 552 valence electrons. The van der Waals surface area contributed by atoms with Gasteiger partial charge in [-0.2, -0.15) is 0 Å². The summed E-state index contributed by atoms with van der Waals surface area (Å²) in [4.78, 5) is 4.70. The molecule has 0 unspecified atom stereocenters. The van der Waals surface area contributed by atoms with E-state index in [0.29, 0.717) is 0 Å². The molecule has 117 heavy (non-hydrogen) atoms. The van der Waals surface area contributed by atoms with Crippen LogP contribution < -0.4 is 9.80 Å². The molecule has 6 nitrogen and oxygen atoms in total. The van der Waals surface area contributed by atoms with Gasteiger partial charge in [-0.1, -0.05) is 269 Å². The molecule has 23 rings (SSSR count). The molecule has 6 heteroatoms. The molecule has 0 saturated heterocycles. The first-order chi connectivity index (χ1) is 57.7. The highest BCUT2D eigenvalue weighted by atomic mass is 16.3. The molecule has 4 heterocycles. The Hall–Kier alpha value is -15.2. The van der Waals surface area contributed by atoms with Gasteiger partial charge in [0.15, 0.2) is 0 Å². The normalized spacial score (nSPS) is 12.3. The average Bonchev–Trinajstić information content (AvgIpc) is 1.57. The summed E-state index contributed by atoms with van der Waals surface area (Å²) in [7, 11) is 0. The number of para-hydroxylation sites is 4. The second-order valence-electron chi connectivity index (χ2n) is 31.1. The van der Waals surface area contributed by atoms with Gasteiger partial charge in [-0.15, -0.1) is 0 Å². The number of benzene rings is 18. The highest BCUT2D eigenvalue weighted by molar-refractivity contribution is 6.09. The second kappa shape index (κ2) is 28.1. The second-order valence-corrected chi connectivity index (χ2v) is 31.1. The molecule has 0 spiro atoms. The maximum Gasteiger partial charge on any atom is 0.136 e. The molecule has 1 aliphatic rings. The Morgan fingerprint density at radius 3 is 0.718 bits per heavy atom. The van der Waals surface area contributed by atoms with Crippen molar-refractivity contribution in [3.05, 3.63) is 424 Å². The minimum atomic E-state index is -0.185. The van der Waals surface area contributed by atoms with Crippen LogP contribution in [-0.2, 0) is 5.41 Å². The summed E-state index contributed by atoms with van der Waals surface area (Å²) < 4.78 is 25.0. The van der Waals surface area contributed by atoms with Gasteiger partial charge < -0.3 is 27.5 Å². The van der Waals surface area contributed by atoms with Gasteiger partial charge in [-0.05, 0) is 258 Å². The lowest BCUT2D eigenvalue weighted by Gasteiger charge is -2.28. The summed E-state index contributed by atoms with van der Waals surface area (Å²) in [5, 5.41) is 9.10. The number of hydrogen-bond acceptors (Lipinski definition) is 6. The first kappa shape index (κ1) is 68.6. The van der Waals surface area contributed by atoms with Crippen LogP contribution in [0.5, 0.6) is 0 Å². The molecular formula is C111H74N2O4. The SMILES string of the molecule is CC1(C)c2cc(-c3ccccc3)ccc2-c2ccc(N(c3ccc(-c4ccc5c(c4)oc4ccccc45)cc3)c3ccc(-c4ccc5c(c4)oc4ccccc45)cc3)cc21.c1ccc(-c2cccc(-c3ccc(N(c4ccc(-c5ccc6c(c5)oc5ccccc56)cc4)c4ccc(-c5ccc6c(c5)oc5ccccc56)cc4)cc3)c2)cc1. The zero-order chi connectivity index (χ0) is 77.7. The van der Waals surface area contributed by atoms with Crippen LogP contribution in [0.4, 0.5) is 34.1 Å². The van der Waals surface area contributed by atoms with Gasteiger partial charge in [0.05, 0.1) is 0 Å². The molecule has 0 fully saturated rings. The number of anilines is 6. The summed E-state index contributed by atoms with van der Waals surface area (Å²) in [6.07, 6.45) is 0. The van der Waals surface area contributed by atoms with E-state index in [1.165, 1.54) is 55.6 Å². The maximum atomic E-state index is 6.26. The van der Waals surface area contributed by atoms with Gasteiger partial charge in [0, 0.05) is 82.6 Å². The van der Waals surface area contributed by atoms with Crippen molar-refractivity contribution in [2.45, 2.75) is 19.3 Å². The third-order valence-corrected chi connectivity index (χ3v) is 23.8. The summed E-state index contributed by atoms with van der Waals surface area (Å²) in [5.74, 6) is 0. The van der Waals surface area contributed by atoms with Crippen LogP contribution in [0.2, 0.25) is 0 Å². The van der Waals surface area contributed by atoms with Crippen LogP contribution >= 0.6 is 0 Å². The van der Waals surface area contributed by atoms with E-state index in [4.69, 9.17) is 17.7 Å². The number of fused-ring (bicyclic) bond motifs is 15. The Morgan fingerprint density at radius 2 is 0.385 bits per heavy atom. The molecule has 18 aromatic carbocycles. The summed E-state index contributed by atoms with van der Waals surface area (Å²) in [5.41, 5.74) is 35.1. The van der Waals surface area contributed by atoms with Gasteiger partial charge >= 0.3 is 0 Å². The topological polar surface area (TPSA) is 59.0 Å². The fraction of sp³-hybridized carbons (Fsp3) is 0.0270. The van der Waals surface area contributed by atoms with Crippen molar-refractivity contribution in [1.82, 2.24) is 0 Å². The van der Waals surface area contributed by atoms with E-state index < -0.39 is 0 Å². The van der Waals surface area contributed by atoms with Crippen molar-refractivity contribution in [3.63, 3.8) is 0 Å². The minimum absolute atomic E-state index is 0.185. The number of furan rings is 4. The molecule has 0 radical (unpaired) electrons. The largest absolute Gasteiger partial charge is 0.456 e. The van der Waals surface area contributed by atoms with E-state index in [-0.39, 0.29) is 5.41 Å². The standard InChI is InChI=1S/C57H39NO2.C54H35NO2/c1-57(2)51-32-39(36-10-4-3-5-11-36)20-28-45(51)46-31-27-44(35-52(46)57)58(42-23-16-37(17-24-42)40-21-29-49-47-12-6-8-14-53(47)59-55(49)33-40)43-25-18-38(19-26-43)41-22-30-50-48-13-7-9-15-54(48)60-56(50)34-41;1-2-9-36(10-3-1)40-11-8-12-41(33-40)37-17-25-44(26-18-37)55(45-27-19-38(20-28-45)42-23-31-49-47-13-4-6-15-51(47)56-53(49)34-42)46-29-21-39(22-30-46)43-24-32-50-48-14-5-7-16-52(48)57-54(50)35-43/h3-35H,1-2H3;1-35H. The Balaban J connectivity index is 0.000000142. The molecule has 0 amide bonds. The van der Waals surface area contributed by atoms with Crippen LogP contribution in [0.1, 0.15) is 25.0 Å². The third kappa shape index (κ3) is 12.3. The van der Waals surface area contributed by atoms with E-state index in [2.05, 4.69) is 388 Å². The van der Waals surface area contributed by atoms with Gasteiger partial charge in [0.1, 0.15) is 44.7 Å². The van der Waals surface area contributed by atoms with Crippen molar-refractivity contribution in [1.29, 1.82) is 0 Å². The minimum Gasteiger partial charge on any atom is -0.456 e. The maximum absolute atomic E-state index is 6.26. The Morgan fingerprint density at radius 1 is 0.162 bits per heavy atom. The van der Waals surface area contributed by atoms with E-state index in [9.17, 15) is 0 Å². The van der Waals surface area contributed by atoms with E-state index >= 15 is 0 Å². The van der Waals surface area contributed by atoms with E-state index in [1.54, 1.807) is 0 Å². The smallest absolute Gasteiger partial charge is 0.136 e. The quantitative estimate of drug-likeness (QED) is 0.115. The Labute approximate surface area is 676 Å². The van der Waals surface area contributed by atoms with Crippen LogP contribution in [0.3, 0.4) is 0 Å². The fourth-order valence-electron chi connectivity index (χ4n) is 17.7. The monoisotopic (exact) mass is 1500 g/mol. The Bertz CT molecular complexity index is 7240. The molecule has 0 aliphatic heterocycles. The Kier molecular flexibility index (Phi) is 16.5. The molecule has 4 aromatic heterocycles. The fourth-order valence-corrected chi connectivity index (χ4v) is 17.7. The third-order valence-electron chi connectivity index (χ3n) is 23.8. The van der Waals surface area contributed by atoms with Crippen LogP contribution in [0.15, 0.2) is 430 Å². The summed E-state index contributed by atoms with van der Waals surface area (Å²) in [6.45, 7) is 4.73. The van der Waals surface area contributed by atoms with E-state index in [0.717, 1.165) is 166 Å². The first-order valence-electron chi connectivity index (χ1n) is 40.0. The van der Waals surface area contributed by atoms with Gasteiger partial charge in [0.2, 0.25) is 0 Å². The number of hydrogen-bond donors (Lipinski definition) is 0. The highest BCUT2D eigenvalue weighted by Crippen LogP contribution is 2.53. The van der Waals surface area contributed by atoms with Crippen LogP contribution in [0, 0.1) is 0 Å². The number of nitrogens with zero attached hydrogens (tertiary/aromatic N) is 2. The molecule has 22 aromatic rings. The van der Waals surface area contributed by atoms with Crippen molar-refractivity contribution in [3.8, 4) is 89.0 Å². The molecule has 0 bridgehead atoms. The molecular weight excluding hydrogens is 1430 g/mol. The highest BCUT2D eigenvalue weighted by Gasteiger charge is 2.37. The summed E-state index contributed by atoms with van der Waals surface area (Å²) in [6, 6.07) is 147. The zero-order valence-electron chi connectivity index (χ0n) is 64.3. The van der Waals surface area contributed by atoms with Gasteiger partial charge in [-0.3, -0.25) is 0 Å². The lowest BCUT2D eigenvalue weighted by Crippen LogP contribution is -2.16. The summed E-state index contributed by atoms with van der Waals surface area (Å²) >= 11 is 0. The first-order valence-corrected chi connectivity index (χ1v) is 40.0. The molecule has 0 N–H and O–H groups in total. The van der Waals surface area contributed by atoms with Gasteiger partial charge in [-0.25, -0.2) is 0 Å². The molecule has 0 saturated carbocycles. The lowest BCUT2D eigenvalue weighted by molar-refractivity contribution is 0.660. The van der Waals surface area contributed by atoms with Crippen molar-refractivity contribution in [2.24, 2.45) is 0 Å². The predicted octanol–water partition coefficient (Wildman–Crippen LogP) is 31.9. The number of rotatable bonds is 13. The van der Waals surface area contributed by atoms with E-state index in [1.807, 2.05) is 48.5 Å². The van der Waals surface area contributed by atoms with Crippen LogP contribution in [0.25, 0.3) is 177 Å². The van der Waals surface area contributed by atoms with Crippen molar-refractivity contribution >= 4 is 122 Å². The van der Waals surface area contributed by atoms with Crippen molar-refractivity contribution < 1.29 is 17.7 Å². The molecule has 1 aliphatic carbocycles. The predicted molar refractivity (Wildman–Crippen MR) is 487 cm³/mol. The average molecular weight is 1500 g/mol. The lowest BCUT2D eigenvalue weighted by atomic mass is 9.81. The van der Waals surface area contributed by atoms with Crippen LogP contribution in [-0.4, -0.2) is 0 Å². The molecule has 0 atom stereocenters. The zero-order valence-corrected chi connectivity index (χ0v) is 64.3. The van der Waals surface area contributed by atoms with Crippen molar-refractivity contribution in [2.75, 3.05) is 9.80 Å².